The third-order valence-corrected chi connectivity index (χ3v) is 4.69. The van der Waals surface area contributed by atoms with Crippen molar-refractivity contribution in [3.8, 4) is 0 Å². The molecule has 0 aromatic rings. The summed E-state index contributed by atoms with van der Waals surface area (Å²) in [5.41, 5.74) is -2.61. The summed E-state index contributed by atoms with van der Waals surface area (Å²) < 4.78 is 0. The van der Waals surface area contributed by atoms with E-state index in [-0.39, 0.29) is 28.9 Å². The number of piperidine rings is 1. The van der Waals surface area contributed by atoms with Crippen LogP contribution in [-0.4, -0.2) is 46.0 Å². The minimum Gasteiger partial charge on any atom is -0.292 e. The highest BCUT2D eigenvalue weighted by atomic mass is 16.6. The second kappa shape index (κ2) is 3.74. The smallest absolute Gasteiger partial charge is 0.262 e. The highest BCUT2D eigenvalue weighted by Crippen LogP contribution is 2.47. The molecule has 2 bridgehead atoms. The molecule has 7 nitrogen and oxygen atoms in total. The number of nitro groups is 2. The van der Waals surface area contributed by atoms with E-state index < -0.39 is 17.0 Å². The van der Waals surface area contributed by atoms with E-state index in [4.69, 9.17) is 0 Å². The lowest BCUT2D eigenvalue weighted by Gasteiger charge is -2.49. The van der Waals surface area contributed by atoms with Crippen LogP contribution in [0.15, 0.2) is 12.2 Å². The van der Waals surface area contributed by atoms with Crippen molar-refractivity contribution in [3.05, 3.63) is 32.4 Å². The standard InChI is InChI=1S/C11H17N3O4/c1-8-4-5-10(13(15)16)6-12(3)7-11(8,9(10)2)14(17)18/h4-5,8-9H,6-7H2,1-3H3/t8-,9-,10-,11-/m1/s1. The molecule has 0 radical (unpaired) electrons. The fraction of sp³-hybridized carbons (Fsp3) is 0.818. The number of rotatable bonds is 2. The summed E-state index contributed by atoms with van der Waals surface area (Å²) in [6, 6.07) is 0. The van der Waals surface area contributed by atoms with Crippen LogP contribution in [0, 0.1) is 32.1 Å². The van der Waals surface area contributed by atoms with E-state index in [0.717, 1.165) is 0 Å². The summed E-state index contributed by atoms with van der Waals surface area (Å²) in [7, 11) is 1.70. The van der Waals surface area contributed by atoms with E-state index in [1.165, 1.54) is 0 Å². The van der Waals surface area contributed by atoms with E-state index in [0.29, 0.717) is 0 Å². The van der Waals surface area contributed by atoms with Crippen LogP contribution >= 0.6 is 0 Å². The predicted octanol–water partition coefficient (Wildman–Crippen LogP) is 0.805. The van der Waals surface area contributed by atoms with Crippen molar-refractivity contribution < 1.29 is 9.85 Å². The maximum atomic E-state index is 11.5. The second-order valence-electron chi connectivity index (χ2n) is 5.54. The number of likely N-dealkylation sites (tertiary alicyclic amines) is 1. The van der Waals surface area contributed by atoms with E-state index in [1.54, 1.807) is 37.9 Å². The van der Waals surface area contributed by atoms with Crippen molar-refractivity contribution in [2.45, 2.75) is 24.9 Å². The predicted molar refractivity (Wildman–Crippen MR) is 64.4 cm³/mol. The Hall–Kier alpha value is -1.50. The minimum absolute atomic E-state index is 0.222. The topological polar surface area (TPSA) is 89.5 Å². The van der Waals surface area contributed by atoms with Gasteiger partial charge < -0.3 is 0 Å². The van der Waals surface area contributed by atoms with Gasteiger partial charge in [0.1, 0.15) is 5.92 Å². The summed E-state index contributed by atoms with van der Waals surface area (Å²) in [6.07, 6.45) is 3.19. The minimum atomic E-state index is -1.34. The first-order valence-corrected chi connectivity index (χ1v) is 5.94. The molecule has 100 valence electrons. The molecule has 0 aromatic heterocycles. The summed E-state index contributed by atoms with van der Waals surface area (Å²) in [5.74, 6) is -0.926. The van der Waals surface area contributed by atoms with Gasteiger partial charge in [-0.2, -0.15) is 0 Å². The van der Waals surface area contributed by atoms with Crippen LogP contribution in [0.5, 0.6) is 0 Å². The first kappa shape index (κ1) is 12.9. The summed E-state index contributed by atoms with van der Waals surface area (Å²) >= 11 is 0. The molecule has 0 aromatic carbocycles. The van der Waals surface area contributed by atoms with E-state index in [2.05, 4.69) is 0 Å². The van der Waals surface area contributed by atoms with Crippen molar-refractivity contribution in [1.82, 2.24) is 4.90 Å². The fourth-order valence-corrected chi connectivity index (χ4v) is 3.50. The van der Waals surface area contributed by atoms with E-state index >= 15 is 0 Å². The van der Waals surface area contributed by atoms with Crippen molar-refractivity contribution in [3.63, 3.8) is 0 Å². The second-order valence-corrected chi connectivity index (χ2v) is 5.54. The molecule has 1 heterocycles. The van der Waals surface area contributed by atoms with Gasteiger partial charge in [-0.1, -0.05) is 13.0 Å². The fourth-order valence-electron chi connectivity index (χ4n) is 3.50. The lowest BCUT2D eigenvalue weighted by atomic mass is 9.60. The molecular formula is C11H17N3O4. The first-order valence-electron chi connectivity index (χ1n) is 5.94. The number of hydrogen-bond acceptors (Lipinski definition) is 5. The Kier molecular flexibility index (Phi) is 2.69. The van der Waals surface area contributed by atoms with Gasteiger partial charge in [0.2, 0.25) is 5.54 Å². The average molecular weight is 255 g/mol. The average Bonchev–Trinajstić information content (AvgIpc) is 2.26. The van der Waals surface area contributed by atoms with Crippen molar-refractivity contribution >= 4 is 0 Å². The van der Waals surface area contributed by atoms with Gasteiger partial charge in [0.05, 0.1) is 13.1 Å². The molecule has 18 heavy (non-hydrogen) atoms. The van der Waals surface area contributed by atoms with Crippen molar-refractivity contribution in [2.24, 2.45) is 11.8 Å². The molecule has 0 amide bonds. The Morgan fingerprint density at radius 1 is 1.22 bits per heavy atom. The Morgan fingerprint density at radius 2 is 1.83 bits per heavy atom. The first-order chi connectivity index (χ1) is 8.27. The number of likely N-dealkylation sites (N-methyl/N-ethyl adjacent to an activating group) is 1. The molecule has 0 saturated carbocycles. The SMILES string of the molecule is C[C@@H]1C=C[C@@]2([N+](=O)[O-])CN(C)C[C@]1([N+](=O)[O-])[C@@H]2C. The van der Waals surface area contributed by atoms with E-state index in [9.17, 15) is 20.2 Å². The lowest BCUT2D eigenvalue weighted by molar-refractivity contribution is -0.640. The number of nitrogens with zero attached hydrogens (tertiary/aromatic N) is 3. The van der Waals surface area contributed by atoms with Crippen LogP contribution in [0.4, 0.5) is 0 Å². The largest absolute Gasteiger partial charge is 0.292 e. The highest BCUT2D eigenvalue weighted by Gasteiger charge is 2.70. The van der Waals surface area contributed by atoms with Crippen LogP contribution in [0.1, 0.15) is 13.8 Å². The molecule has 0 spiro atoms. The Morgan fingerprint density at radius 3 is 2.33 bits per heavy atom. The number of fused-ring (bicyclic) bond motifs is 2. The molecule has 1 saturated heterocycles. The van der Waals surface area contributed by atoms with Gasteiger partial charge in [-0.05, 0) is 20.0 Å². The zero-order valence-electron chi connectivity index (χ0n) is 10.7. The highest BCUT2D eigenvalue weighted by molar-refractivity contribution is 5.22. The summed E-state index contributed by atoms with van der Waals surface area (Å²) in [5, 5.41) is 23.0. The molecule has 1 aliphatic carbocycles. The van der Waals surface area contributed by atoms with Crippen LogP contribution in [0.25, 0.3) is 0 Å². The van der Waals surface area contributed by atoms with Crippen LogP contribution in [-0.2, 0) is 0 Å². The van der Waals surface area contributed by atoms with Crippen molar-refractivity contribution in [2.75, 3.05) is 20.1 Å². The van der Waals surface area contributed by atoms with Crippen LogP contribution < -0.4 is 0 Å². The van der Waals surface area contributed by atoms with Gasteiger partial charge >= 0.3 is 0 Å². The lowest BCUT2D eigenvalue weighted by Crippen LogP contribution is -2.72. The molecule has 2 aliphatic rings. The third-order valence-electron chi connectivity index (χ3n) is 4.69. The Bertz CT molecular complexity index is 438. The van der Waals surface area contributed by atoms with Gasteiger partial charge in [-0.3, -0.25) is 25.1 Å². The monoisotopic (exact) mass is 255 g/mol. The van der Waals surface area contributed by atoms with Crippen LogP contribution in [0.2, 0.25) is 0 Å². The molecule has 2 rings (SSSR count). The maximum Gasteiger partial charge on any atom is 0.262 e. The molecule has 0 unspecified atom stereocenters. The quantitative estimate of drug-likeness (QED) is 0.413. The molecular weight excluding hydrogens is 238 g/mol. The maximum absolute atomic E-state index is 11.5. The van der Waals surface area contributed by atoms with Gasteiger partial charge in [0.15, 0.2) is 0 Å². The Balaban J connectivity index is 2.63. The molecule has 1 fully saturated rings. The van der Waals surface area contributed by atoms with Gasteiger partial charge in [-0.15, -0.1) is 0 Å². The molecule has 0 N–H and O–H groups in total. The molecule has 1 aliphatic heterocycles. The third kappa shape index (κ3) is 1.33. The van der Waals surface area contributed by atoms with Gasteiger partial charge in [-0.25, -0.2) is 0 Å². The zero-order valence-corrected chi connectivity index (χ0v) is 10.7. The van der Waals surface area contributed by atoms with Gasteiger partial charge in [0.25, 0.3) is 5.54 Å². The summed E-state index contributed by atoms with van der Waals surface area (Å²) in [4.78, 5) is 24.0. The summed E-state index contributed by atoms with van der Waals surface area (Å²) in [6.45, 7) is 3.87. The van der Waals surface area contributed by atoms with Gasteiger partial charge in [0, 0.05) is 15.8 Å². The zero-order chi connectivity index (χ0) is 13.7. The Labute approximate surface area is 105 Å². The normalized spacial score (nSPS) is 43.7. The number of hydrogen-bond donors (Lipinski definition) is 0. The van der Waals surface area contributed by atoms with E-state index in [1.807, 2.05) is 0 Å². The van der Waals surface area contributed by atoms with Crippen molar-refractivity contribution in [1.29, 1.82) is 0 Å². The van der Waals surface area contributed by atoms with Crippen LogP contribution in [0.3, 0.4) is 0 Å². The molecule has 7 heteroatoms. The molecule has 4 atom stereocenters.